The van der Waals surface area contributed by atoms with Crippen molar-refractivity contribution < 1.29 is 12.8 Å². The van der Waals surface area contributed by atoms with Crippen LogP contribution in [-0.4, -0.2) is 13.4 Å². The number of nitrogens with zero attached hydrogens (tertiary/aromatic N) is 1. The third kappa shape index (κ3) is 4.25. The second-order valence-electron chi connectivity index (χ2n) is 6.82. The van der Waals surface area contributed by atoms with Gasteiger partial charge in [0, 0.05) is 17.1 Å². The molecule has 4 aromatic rings. The van der Waals surface area contributed by atoms with Crippen molar-refractivity contribution in [3.05, 3.63) is 95.0 Å². The number of sulfone groups is 1. The number of anilines is 1. The fraction of sp³-hybridized carbons (Fsp3) is 0.0870. The maximum absolute atomic E-state index is 13.3. The summed E-state index contributed by atoms with van der Waals surface area (Å²) in [4.78, 5) is 4.50. The van der Waals surface area contributed by atoms with Crippen molar-refractivity contribution in [2.24, 2.45) is 0 Å². The van der Waals surface area contributed by atoms with Crippen molar-refractivity contribution in [2.45, 2.75) is 23.4 Å². The zero-order valence-electron chi connectivity index (χ0n) is 16.2. The van der Waals surface area contributed by atoms with Crippen LogP contribution in [0.25, 0.3) is 11.5 Å². The summed E-state index contributed by atoms with van der Waals surface area (Å²) in [5.41, 5.74) is 2.59. The normalized spacial score (nSPS) is 11.4. The molecule has 0 atom stereocenters. The van der Waals surface area contributed by atoms with Gasteiger partial charge in [0.2, 0.25) is 26.6 Å². The molecule has 0 fully saturated rings. The van der Waals surface area contributed by atoms with Crippen LogP contribution in [0.2, 0.25) is 5.02 Å². The van der Waals surface area contributed by atoms with Gasteiger partial charge in [-0.05, 0) is 48.9 Å². The number of aryl methyl sites for hydroxylation is 1. The minimum Gasteiger partial charge on any atom is -0.419 e. The molecule has 0 saturated carbocycles. The lowest BCUT2D eigenvalue weighted by Gasteiger charge is -2.07. The molecule has 0 radical (unpaired) electrons. The highest BCUT2D eigenvalue weighted by Gasteiger charge is 2.28. The number of rotatable bonds is 6. The van der Waals surface area contributed by atoms with Gasteiger partial charge < -0.3 is 9.73 Å². The zero-order chi connectivity index (χ0) is 21.1. The monoisotopic (exact) mass is 438 g/mol. The Hall–Kier alpha value is -3.09. The van der Waals surface area contributed by atoms with E-state index in [9.17, 15) is 8.42 Å². The average Bonchev–Trinajstić information content (AvgIpc) is 3.20. The van der Waals surface area contributed by atoms with E-state index in [0.29, 0.717) is 17.1 Å². The summed E-state index contributed by atoms with van der Waals surface area (Å²) in [5, 5.41) is 3.57. The molecule has 0 aliphatic heterocycles. The summed E-state index contributed by atoms with van der Waals surface area (Å²) >= 11 is 5.94. The summed E-state index contributed by atoms with van der Waals surface area (Å²) in [5.74, 6) is 0.337. The molecule has 0 spiro atoms. The molecule has 0 amide bonds. The van der Waals surface area contributed by atoms with Crippen molar-refractivity contribution in [3.63, 3.8) is 0 Å². The summed E-state index contributed by atoms with van der Waals surface area (Å²) in [6, 6.07) is 23.1. The first kappa shape index (κ1) is 20.2. The van der Waals surface area contributed by atoms with E-state index in [0.717, 1.165) is 11.1 Å². The van der Waals surface area contributed by atoms with Gasteiger partial charge in [-0.2, -0.15) is 4.98 Å². The number of oxazole rings is 1. The van der Waals surface area contributed by atoms with Gasteiger partial charge in [-0.15, -0.1) is 0 Å². The van der Waals surface area contributed by atoms with Crippen molar-refractivity contribution in [3.8, 4) is 11.5 Å². The lowest BCUT2D eigenvalue weighted by molar-refractivity contribution is 0.576. The van der Waals surface area contributed by atoms with Crippen molar-refractivity contribution in [1.82, 2.24) is 4.98 Å². The molecule has 0 bridgehead atoms. The van der Waals surface area contributed by atoms with E-state index < -0.39 is 9.84 Å². The van der Waals surface area contributed by atoms with E-state index in [1.54, 1.807) is 36.4 Å². The molecule has 1 aromatic heterocycles. The van der Waals surface area contributed by atoms with E-state index in [1.165, 1.54) is 0 Å². The summed E-state index contributed by atoms with van der Waals surface area (Å²) in [6.45, 7) is 2.26. The molecule has 30 heavy (non-hydrogen) atoms. The predicted molar refractivity (Wildman–Crippen MR) is 117 cm³/mol. The lowest BCUT2D eigenvalue weighted by Crippen LogP contribution is -2.07. The second-order valence-corrected chi connectivity index (χ2v) is 9.12. The maximum Gasteiger partial charge on any atom is 0.234 e. The number of halogens is 1. The van der Waals surface area contributed by atoms with E-state index in [-0.39, 0.29) is 21.7 Å². The van der Waals surface area contributed by atoms with Gasteiger partial charge in [0.1, 0.15) is 0 Å². The van der Waals surface area contributed by atoms with Crippen LogP contribution in [0.15, 0.2) is 93.2 Å². The first-order valence-electron chi connectivity index (χ1n) is 9.30. The summed E-state index contributed by atoms with van der Waals surface area (Å²) < 4.78 is 32.4. The van der Waals surface area contributed by atoms with Crippen LogP contribution in [-0.2, 0) is 16.4 Å². The third-order valence-corrected chi connectivity index (χ3v) is 6.50. The molecule has 4 rings (SSSR count). The van der Waals surface area contributed by atoms with Crippen molar-refractivity contribution in [1.29, 1.82) is 0 Å². The Morgan fingerprint density at radius 1 is 0.933 bits per heavy atom. The highest BCUT2D eigenvalue weighted by molar-refractivity contribution is 7.91. The van der Waals surface area contributed by atoms with Gasteiger partial charge >= 0.3 is 0 Å². The summed E-state index contributed by atoms with van der Waals surface area (Å²) in [7, 11) is -3.87. The van der Waals surface area contributed by atoms with Crippen molar-refractivity contribution in [2.75, 3.05) is 5.32 Å². The van der Waals surface area contributed by atoms with Crippen LogP contribution in [0.5, 0.6) is 0 Å². The molecule has 0 aliphatic carbocycles. The molecule has 1 heterocycles. The van der Waals surface area contributed by atoms with Gasteiger partial charge in [-0.25, -0.2) is 8.42 Å². The lowest BCUT2D eigenvalue weighted by atomic mass is 10.2. The predicted octanol–water partition coefficient (Wildman–Crippen LogP) is 5.75. The zero-order valence-corrected chi connectivity index (χ0v) is 17.7. The SMILES string of the molecule is Cc1ccc(S(=O)(=O)c2nc(-c3ccccc3)oc2NCc2ccc(Cl)cc2)cc1. The van der Waals surface area contributed by atoms with Crippen LogP contribution >= 0.6 is 11.6 Å². The second kappa shape index (κ2) is 8.34. The fourth-order valence-electron chi connectivity index (χ4n) is 2.92. The van der Waals surface area contributed by atoms with Gasteiger partial charge in [-0.1, -0.05) is 59.6 Å². The largest absolute Gasteiger partial charge is 0.419 e. The van der Waals surface area contributed by atoms with E-state index in [2.05, 4.69) is 10.3 Å². The number of benzene rings is 3. The Morgan fingerprint density at radius 2 is 1.60 bits per heavy atom. The quantitative estimate of drug-likeness (QED) is 0.415. The highest BCUT2D eigenvalue weighted by Crippen LogP contribution is 2.32. The Morgan fingerprint density at radius 3 is 2.27 bits per heavy atom. The van der Waals surface area contributed by atoms with Crippen LogP contribution < -0.4 is 5.32 Å². The van der Waals surface area contributed by atoms with E-state index >= 15 is 0 Å². The number of hydrogen-bond acceptors (Lipinski definition) is 5. The third-order valence-electron chi connectivity index (χ3n) is 4.57. The van der Waals surface area contributed by atoms with Gasteiger partial charge in [0.15, 0.2) is 0 Å². The van der Waals surface area contributed by atoms with Crippen LogP contribution in [0.4, 0.5) is 5.88 Å². The first-order chi connectivity index (χ1) is 14.4. The molecule has 152 valence electrons. The highest BCUT2D eigenvalue weighted by atomic mass is 35.5. The Labute approximate surface area is 180 Å². The smallest absolute Gasteiger partial charge is 0.234 e. The number of aromatic nitrogens is 1. The molecule has 1 N–H and O–H groups in total. The molecule has 5 nitrogen and oxygen atoms in total. The molecule has 0 unspecified atom stereocenters. The Balaban J connectivity index is 1.74. The molecule has 3 aromatic carbocycles. The Bertz CT molecular complexity index is 1250. The molecule has 0 saturated heterocycles. The number of nitrogens with one attached hydrogen (secondary N) is 1. The standard InChI is InChI=1S/C23H19ClN2O3S/c1-16-7-13-20(14-8-16)30(27,28)23-22(25-15-17-9-11-19(24)12-10-17)29-21(26-23)18-5-3-2-4-6-18/h2-14,25H,15H2,1H3. The van der Waals surface area contributed by atoms with Gasteiger partial charge in [0.05, 0.1) is 4.90 Å². The summed E-state index contributed by atoms with van der Waals surface area (Å²) in [6.07, 6.45) is 0. The van der Waals surface area contributed by atoms with E-state index in [1.807, 2.05) is 49.4 Å². The minimum atomic E-state index is -3.87. The first-order valence-corrected chi connectivity index (χ1v) is 11.2. The molecular weight excluding hydrogens is 420 g/mol. The average molecular weight is 439 g/mol. The topological polar surface area (TPSA) is 72.2 Å². The fourth-order valence-corrected chi connectivity index (χ4v) is 4.32. The Kier molecular flexibility index (Phi) is 5.61. The van der Waals surface area contributed by atoms with Gasteiger partial charge in [0.25, 0.3) is 0 Å². The van der Waals surface area contributed by atoms with Gasteiger partial charge in [-0.3, -0.25) is 0 Å². The van der Waals surface area contributed by atoms with Crippen molar-refractivity contribution >= 4 is 27.3 Å². The molecule has 0 aliphatic rings. The molecule has 7 heteroatoms. The maximum atomic E-state index is 13.3. The van der Waals surface area contributed by atoms with Crippen LogP contribution in [0.3, 0.4) is 0 Å². The minimum absolute atomic E-state index is 0.101. The van der Waals surface area contributed by atoms with E-state index in [4.69, 9.17) is 16.0 Å². The van der Waals surface area contributed by atoms with Crippen LogP contribution in [0, 0.1) is 6.92 Å². The van der Waals surface area contributed by atoms with Crippen LogP contribution in [0.1, 0.15) is 11.1 Å². The number of hydrogen-bond donors (Lipinski definition) is 1. The molecular formula is C23H19ClN2O3S.